The van der Waals surface area contributed by atoms with Gasteiger partial charge >= 0.3 is 7.12 Å². The van der Waals surface area contributed by atoms with Crippen LogP contribution in [0.4, 0.5) is 0 Å². The van der Waals surface area contributed by atoms with Gasteiger partial charge in [0.2, 0.25) is 0 Å². The molecule has 0 aliphatic rings. The lowest BCUT2D eigenvalue weighted by Gasteiger charge is -2.21. The van der Waals surface area contributed by atoms with Crippen molar-refractivity contribution in [2.75, 3.05) is 20.2 Å². The van der Waals surface area contributed by atoms with Crippen LogP contribution in [0.3, 0.4) is 0 Å². The highest BCUT2D eigenvalue weighted by Crippen LogP contribution is 2.18. The molecule has 0 saturated carbocycles. The Kier molecular flexibility index (Phi) is 6.19. The molecule has 0 aliphatic heterocycles. The smallest absolute Gasteiger partial charge is 0.488 e. The maximum atomic E-state index is 9.21. The molecule has 0 atom stereocenters. The largest absolute Gasteiger partial charge is 0.496 e. The first-order valence-corrected chi connectivity index (χ1v) is 6.37. The highest BCUT2D eigenvalue weighted by atomic mass is 16.5. The van der Waals surface area contributed by atoms with E-state index in [9.17, 15) is 10.0 Å². The van der Waals surface area contributed by atoms with Crippen molar-refractivity contribution in [1.29, 1.82) is 0 Å². The zero-order valence-electron chi connectivity index (χ0n) is 11.4. The van der Waals surface area contributed by atoms with Gasteiger partial charge in [-0.05, 0) is 31.0 Å². The summed E-state index contributed by atoms with van der Waals surface area (Å²) in [5, 5.41) is 18.4. The lowest BCUT2D eigenvalue weighted by molar-refractivity contribution is 0.275. The summed E-state index contributed by atoms with van der Waals surface area (Å²) in [7, 11) is 0.195. The Morgan fingerprint density at radius 2 is 2.00 bits per heavy atom. The highest BCUT2D eigenvalue weighted by Gasteiger charge is 2.15. The van der Waals surface area contributed by atoms with Crippen LogP contribution >= 0.6 is 0 Å². The third-order valence-electron chi connectivity index (χ3n) is 2.98. The Labute approximate surface area is 109 Å². The fraction of sp³-hybridized carbons (Fsp3) is 0.538. The molecule has 0 spiro atoms. The number of hydrogen-bond acceptors (Lipinski definition) is 4. The Balaban J connectivity index is 2.92. The number of rotatable bonds is 7. The Hall–Kier alpha value is -1.04. The van der Waals surface area contributed by atoms with Crippen LogP contribution in [-0.4, -0.2) is 42.3 Å². The summed E-state index contributed by atoms with van der Waals surface area (Å²) in [5.74, 6) is 0.786. The predicted octanol–water partition coefficient (Wildman–Crippen LogP) is 0.607. The molecule has 2 N–H and O–H groups in total. The van der Waals surface area contributed by atoms with Crippen LogP contribution < -0.4 is 10.2 Å². The van der Waals surface area contributed by atoms with E-state index in [1.165, 1.54) is 0 Å². The van der Waals surface area contributed by atoms with Gasteiger partial charge in [0.05, 0.1) is 7.11 Å². The van der Waals surface area contributed by atoms with Crippen molar-refractivity contribution in [3.63, 3.8) is 0 Å². The molecule has 0 radical (unpaired) electrons. The van der Waals surface area contributed by atoms with Crippen LogP contribution in [0.5, 0.6) is 5.75 Å². The second kappa shape index (κ2) is 7.41. The highest BCUT2D eigenvalue weighted by molar-refractivity contribution is 6.58. The van der Waals surface area contributed by atoms with Crippen LogP contribution in [0.1, 0.15) is 25.8 Å². The summed E-state index contributed by atoms with van der Waals surface area (Å²) < 4.78 is 5.31. The molecule has 1 aromatic carbocycles. The number of methoxy groups -OCH3 is 1. The van der Waals surface area contributed by atoms with E-state index in [-0.39, 0.29) is 0 Å². The molecule has 5 heteroatoms. The summed E-state index contributed by atoms with van der Waals surface area (Å²) >= 11 is 0. The second-order valence-electron chi connectivity index (χ2n) is 4.31. The number of ether oxygens (including phenoxy) is 1. The molecule has 0 heterocycles. The van der Waals surface area contributed by atoms with Gasteiger partial charge in [-0.25, -0.2) is 0 Å². The number of benzene rings is 1. The SMILES string of the molecule is CCCN(CC)Cc1cc(B(O)O)ccc1OC. The van der Waals surface area contributed by atoms with E-state index in [0.29, 0.717) is 5.46 Å². The van der Waals surface area contributed by atoms with E-state index >= 15 is 0 Å². The van der Waals surface area contributed by atoms with E-state index in [1.54, 1.807) is 25.3 Å². The van der Waals surface area contributed by atoms with Gasteiger partial charge in [0.25, 0.3) is 0 Å². The van der Waals surface area contributed by atoms with Crippen molar-refractivity contribution in [2.45, 2.75) is 26.8 Å². The van der Waals surface area contributed by atoms with E-state index in [0.717, 1.165) is 37.4 Å². The van der Waals surface area contributed by atoms with Crippen LogP contribution in [0, 0.1) is 0 Å². The summed E-state index contributed by atoms with van der Waals surface area (Å²) in [6.07, 6.45) is 1.10. The van der Waals surface area contributed by atoms with Gasteiger partial charge in [-0.2, -0.15) is 0 Å². The molecule has 4 nitrogen and oxygen atoms in total. The zero-order chi connectivity index (χ0) is 13.5. The third-order valence-corrected chi connectivity index (χ3v) is 2.98. The van der Waals surface area contributed by atoms with Gasteiger partial charge in [-0.15, -0.1) is 0 Å². The maximum absolute atomic E-state index is 9.21. The number of nitrogens with zero attached hydrogens (tertiary/aromatic N) is 1. The molecule has 0 unspecified atom stereocenters. The maximum Gasteiger partial charge on any atom is 0.488 e. The Bertz CT molecular complexity index is 371. The first kappa shape index (κ1) is 15.0. The molecule has 100 valence electrons. The average molecular weight is 251 g/mol. The lowest BCUT2D eigenvalue weighted by Crippen LogP contribution is -2.31. The second-order valence-corrected chi connectivity index (χ2v) is 4.31. The monoisotopic (exact) mass is 251 g/mol. The molecule has 0 amide bonds. The fourth-order valence-corrected chi connectivity index (χ4v) is 1.99. The molecule has 0 aliphatic carbocycles. The topological polar surface area (TPSA) is 52.9 Å². The summed E-state index contributed by atoms with van der Waals surface area (Å²) in [5.41, 5.74) is 1.48. The van der Waals surface area contributed by atoms with Crippen molar-refractivity contribution in [1.82, 2.24) is 4.90 Å². The molecule has 18 heavy (non-hydrogen) atoms. The molecular weight excluding hydrogens is 229 g/mol. The van der Waals surface area contributed by atoms with E-state index in [2.05, 4.69) is 18.7 Å². The molecular formula is C13H22BNO3. The first-order valence-electron chi connectivity index (χ1n) is 6.37. The lowest BCUT2D eigenvalue weighted by atomic mass is 9.79. The van der Waals surface area contributed by atoms with Crippen LogP contribution in [-0.2, 0) is 6.54 Å². The normalized spacial score (nSPS) is 10.8. The van der Waals surface area contributed by atoms with Crippen molar-refractivity contribution in [3.05, 3.63) is 23.8 Å². The van der Waals surface area contributed by atoms with Crippen molar-refractivity contribution >= 4 is 12.6 Å². The van der Waals surface area contributed by atoms with Gasteiger partial charge in [0, 0.05) is 12.1 Å². The van der Waals surface area contributed by atoms with Crippen LogP contribution in [0.2, 0.25) is 0 Å². The minimum Gasteiger partial charge on any atom is -0.496 e. The minimum absolute atomic E-state index is 0.498. The predicted molar refractivity (Wildman–Crippen MR) is 74.1 cm³/mol. The Morgan fingerprint density at radius 3 is 2.50 bits per heavy atom. The van der Waals surface area contributed by atoms with Gasteiger partial charge in [0.1, 0.15) is 5.75 Å². The molecule has 0 aromatic heterocycles. The average Bonchev–Trinajstić information content (AvgIpc) is 2.37. The van der Waals surface area contributed by atoms with Gasteiger partial charge in [-0.1, -0.05) is 26.0 Å². The fourth-order valence-electron chi connectivity index (χ4n) is 1.99. The van der Waals surface area contributed by atoms with Crippen LogP contribution in [0.25, 0.3) is 0 Å². The van der Waals surface area contributed by atoms with Crippen molar-refractivity contribution < 1.29 is 14.8 Å². The molecule has 1 rings (SSSR count). The Morgan fingerprint density at radius 1 is 1.28 bits per heavy atom. The standard InChI is InChI=1S/C13H22BNO3/c1-4-8-15(5-2)10-11-9-12(14(16)17)6-7-13(11)18-3/h6-7,9,16-17H,4-5,8,10H2,1-3H3. The van der Waals surface area contributed by atoms with E-state index in [1.807, 2.05) is 0 Å². The van der Waals surface area contributed by atoms with Gasteiger partial charge < -0.3 is 14.8 Å². The van der Waals surface area contributed by atoms with E-state index in [4.69, 9.17) is 4.74 Å². The number of hydrogen-bond donors (Lipinski definition) is 2. The molecule has 0 fully saturated rings. The van der Waals surface area contributed by atoms with Gasteiger partial charge in [0.15, 0.2) is 0 Å². The third kappa shape index (κ3) is 4.01. The summed E-state index contributed by atoms with van der Waals surface area (Å²) in [4.78, 5) is 2.30. The van der Waals surface area contributed by atoms with E-state index < -0.39 is 7.12 Å². The molecule has 0 saturated heterocycles. The molecule has 1 aromatic rings. The minimum atomic E-state index is -1.43. The zero-order valence-corrected chi connectivity index (χ0v) is 11.4. The van der Waals surface area contributed by atoms with Gasteiger partial charge in [-0.3, -0.25) is 4.90 Å². The van der Waals surface area contributed by atoms with Crippen molar-refractivity contribution in [2.24, 2.45) is 0 Å². The summed E-state index contributed by atoms with van der Waals surface area (Å²) in [6.45, 7) is 7.00. The van der Waals surface area contributed by atoms with Crippen LogP contribution in [0.15, 0.2) is 18.2 Å². The first-order chi connectivity index (χ1) is 8.62. The van der Waals surface area contributed by atoms with Crippen molar-refractivity contribution in [3.8, 4) is 5.75 Å². The molecule has 0 bridgehead atoms. The quantitative estimate of drug-likeness (QED) is 0.697. The summed E-state index contributed by atoms with van der Waals surface area (Å²) in [6, 6.07) is 5.24.